The number of aryl methyl sites for hydroxylation is 1. The molecule has 0 bridgehead atoms. The lowest BCUT2D eigenvalue weighted by atomic mass is 10.1. The third-order valence-electron chi connectivity index (χ3n) is 7.01. The second-order valence-corrected chi connectivity index (χ2v) is 9.54. The van der Waals surface area contributed by atoms with E-state index in [1.165, 1.54) is 11.6 Å². The SMILES string of the molecule is CCOc1cc(-n2cc3c(c2-c2ccc(OC)cc2)c(=O)n(C)c(=O)n3C)c(OCC)cc1NC(=O)c1ccccc1. The Morgan fingerprint density at radius 3 is 2.17 bits per heavy atom. The number of carbonyl (C=O) groups excluding carboxylic acids is 1. The van der Waals surface area contributed by atoms with E-state index in [1.54, 1.807) is 56.8 Å². The number of hydrogen-bond acceptors (Lipinski definition) is 6. The van der Waals surface area contributed by atoms with Crippen molar-refractivity contribution in [3.63, 3.8) is 0 Å². The summed E-state index contributed by atoms with van der Waals surface area (Å²) in [6.07, 6.45) is 1.74. The number of benzene rings is 3. The molecule has 0 fully saturated rings. The number of aromatic nitrogens is 3. The molecular weight excluding hydrogens is 536 g/mol. The molecular formula is C32H32N4O6. The van der Waals surface area contributed by atoms with Gasteiger partial charge in [0.05, 0.1) is 48.3 Å². The minimum atomic E-state index is -0.440. The zero-order valence-electron chi connectivity index (χ0n) is 24.1. The van der Waals surface area contributed by atoms with Gasteiger partial charge in [-0.05, 0) is 55.8 Å². The molecule has 216 valence electrons. The number of rotatable bonds is 9. The highest BCUT2D eigenvalue weighted by Gasteiger charge is 2.24. The molecule has 0 aliphatic rings. The van der Waals surface area contributed by atoms with E-state index in [1.807, 2.05) is 48.7 Å². The van der Waals surface area contributed by atoms with Crippen LogP contribution in [0.2, 0.25) is 0 Å². The van der Waals surface area contributed by atoms with Gasteiger partial charge in [-0.1, -0.05) is 18.2 Å². The van der Waals surface area contributed by atoms with Crippen molar-refractivity contribution >= 4 is 22.5 Å². The van der Waals surface area contributed by atoms with Crippen molar-refractivity contribution in [3.8, 4) is 34.2 Å². The summed E-state index contributed by atoms with van der Waals surface area (Å²) in [5.41, 5.74) is 2.38. The molecule has 0 saturated carbocycles. The van der Waals surface area contributed by atoms with Gasteiger partial charge in [0.2, 0.25) is 0 Å². The lowest BCUT2D eigenvalue weighted by molar-refractivity contribution is 0.102. The highest BCUT2D eigenvalue weighted by atomic mass is 16.5. The zero-order valence-corrected chi connectivity index (χ0v) is 24.1. The van der Waals surface area contributed by atoms with Crippen molar-refractivity contribution in [2.45, 2.75) is 13.8 Å². The Morgan fingerprint density at radius 2 is 1.52 bits per heavy atom. The molecule has 2 aromatic heterocycles. The van der Waals surface area contributed by atoms with Crippen LogP contribution in [0.25, 0.3) is 27.8 Å². The second-order valence-electron chi connectivity index (χ2n) is 9.54. The van der Waals surface area contributed by atoms with Crippen LogP contribution >= 0.6 is 0 Å². The largest absolute Gasteiger partial charge is 0.497 e. The summed E-state index contributed by atoms with van der Waals surface area (Å²) in [4.78, 5) is 39.5. The fraction of sp³-hybridized carbons (Fsp3) is 0.219. The quantitative estimate of drug-likeness (QED) is 0.275. The van der Waals surface area contributed by atoms with Crippen molar-refractivity contribution in [1.82, 2.24) is 13.7 Å². The Morgan fingerprint density at radius 1 is 0.857 bits per heavy atom. The van der Waals surface area contributed by atoms with Crippen molar-refractivity contribution < 1.29 is 19.0 Å². The first-order valence-corrected chi connectivity index (χ1v) is 13.5. The lowest BCUT2D eigenvalue weighted by Gasteiger charge is -2.19. The maximum absolute atomic E-state index is 13.6. The summed E-state index contributed by atoms with van der Waals surface area (Å²) >= 11 is 0. The van der Waals surface area contributed by atoms with Gasteiger partial charge in [-0.25, -0.2) is 4.79 Å². The van der Waals surface area contributed by atoms with Crippen molar-refractivity contribution in [1.29, 1.82) is 0 Å². The Kier molecular flexibility index (Phi) is 7.88. The maximum atomic E-state index is 13.6. The average molecular weight is 569 g/mol. The Bertz CT molecular complexity index is 1890. The Balaban J connectivity index is 1.79. The monoisotopic (exact) mass is 568 g/mol. The fourth-order valence-electron chi connectivity index (χ4n) is 4.93. The van der Waals surface area contributed by atoms with E-state index in [9.17, 15) is 14.4 Å². The first-order valence-electron chi connectivity index (χ1n) is 13.5. The number of nitrogens with one attached hydrogen (secondary N) is 1. The highest BCUT2D eigenvalue weighted by molar-refractivity contribution is 6.05. The summed E-state index contributed by atoms with van der Waals surface area (Å²) in [6.45, 7) is 4.39. The van der Waals surface area contributed by atoms with Gasteiger partial charge in [-0.3, -0.25) is 18.7 Å². The third kappa shape index (κ3) is 5.03. The number of nitrogens with zero attached hydrogens (tertiary/aromatic N) is 3. The van der Waals surface area contributed by atoms with Crippen molar-refractivity contribution in [3.05, 3.63) is 99.3 Å². The molecule has 5 aromatic rings. The lowest BCUT2D eigenvalue weighted by Crippen LogP contribution is -2.36. The number of amides is 1. The van der Waals surface area contributed by atoms with Crippen LogP contribution in [0.3, 0.4) is 0 Å². The molecule has 3 aromatic carbocycles. The van der Waals surface area contributed by atoms with E-state index < -0.39 is 11.2 Å². The molecule has 10 heteroatoms. The molecule has 0 unspecified atom stereocenters. The molecule has 0 aliphatic heterocycles. The van der Waals surface area contributed by atoms with Crippen LogP contribution in [-0.2, 0) is 14.1 Å². The molecule has 0 spiro atoms. The number of carbonyl (C=O) groups is 1. The van der Waals surface area contributed by atoms with E-state index in [-0.39, 0.29) is 5.91 Å². The van der Waals surface area contributed by atoms with Crippen molar-refractivity contribution in [2.24, 2.45) is 14.1 Å². The average Bonchev–Trinajstić information content (AvgIpc) is 3.41. The van der Waals surface area contributed by atoms with Gasteiger partial charge in [0.15, 0.2) is 0 Å². The van der Waals surface area contributed by atoms with Gasteiger partial charge in [-0.2, -0.15) is 0 Å². The summed E-state index contributed by atoms with van der Waals surface area (Å²) in [7, 11) is 4.67. The number of fused-ring (bicyclic) bond motifs is 1. The standard InChI is InChI=1S/C32H32N4O6/c1-6-41-26-18-24(27(42-7-2)17-23(26)33-30(37)21-11-9-8-10-12-21)36-19-25-28(31(38)35(4)32(39)34(25)3)29(36)20-13-15-22(40-5)16-14-20/h8-19H,6-7H2,1-5H3,(H,33,37). The molecule has 2 heterocycles. The predicted octanol–water partition coefficient (Wildman–Crippen LogP) is 4.75. The molecule has 0 aliphatic carbocycles. The van der Waals surface area contributed by atoms with Crippen LogP contribution in [0.4, 0.5) is 5.69 Å². The fourth-order valence-corrected chi connectivity index (χ4v) is 4.93. The van der Waals surface area contributed by atoms with Crippen LogP contribution in [0.5, 0.6) is 17.2 Å². The first-order chi connectivity index (χ1) is 20.3. The minimum absolute atomic E-state index is 0.295. The van der Waals surface area contributed by atoms with Crippen LogP contribution < -0.4 is 30.8 Å². The Hall–Kier alpha value is -5.25. The van der Waals surface area contributed by atoms with Gasteiger partial charge < -0.3 is 24.1 Å². The maximum Gasteiger partial charge on any atom is 0.330 e. The van der Waals surface area contributed by atoms with Crippen LogP contribution in [-0.4, -0.2) is 39.9 Å². The number of hydrogen-bond donors (Lipinski definition) is 1. The molecule has 10 nitrogen and oxygen atoms in total. The molecule has 1 N–H and O–H groups in total. The summed E-state index contributed by atoms with van der Waals surface area (Å²) in [5.74, 6) is 1.23. The minimum Gasteiger partial charge on any atom is -0.497 e. The zero-order chi connectivity index (χ0) is 30.0. The van der Waals surface area contributed by atoms with E-state index in [0.717, 1.165) is 10.1 Å². The van der Waals surface area contributed by atoms with Crippen LogP contribution in [0, 0.1) is 0 Å². The van der Waals surface area contributed by atoms with E-state index in [4.69, 9.17) is 14.2 Å². The molecule has 5 rings (SSSR count). The topological polar surface area (TPSA) is 106 Å². The molecule has 0 saturated heterocycles. The predicted molar refractivity (Wildman–Crippen MR) is 162 cm³/mol. The second kappa shape index (κ2) is 11.7. The van der Waals surface area contributed by atoms with E-state index >= 15 is 0 Å². The molecule has 0 radical (unpaired) electrons. The smallest absolute Gasteiger partial charge is 0.330 e. The summed E-state index contributed by atoms with van der Waals surface area (Å²) < 4.78 is 21.8. The summed E-state index contributed by atoms with van der Waals surface area (Å²) in [5, 5.41) is 3.31. The van der Waals surface area contributed by atoms with Gasteiger partial charge >= 0.3 is 5.69 Å². The number of anilines is 1. The van der Waals surface area contributed by atoms with Crippen LogP contribution in [0.15, 0.2) is 82.5 Å². The van der Waals surface area contributed by atoms with E-state index in [0.29, 0.717) is 64.0 Å². The number of methoxy groups -OCH3 is 1. The van der Waals surface area contributed by atoms with Gasteiger partial charge in [0, 0.05) is 38.0 Å². The molecule has 42 heavy (non-hydrogen) atoms. The molecule has 0 atom stereocenters. The van der Waals surface area contributed by atoms with Gasteiger partial charge in [-0.15, -0.1) is 0 Å². The third-order valence-corrected chi connectivity index (χ3v) is 7.01. The van der Waals surface area contributed by atoms with Gasteiger partial charge in [0.1, 0.15) is 17.2 Å². The first kappa shape index (κ1) is 28.3. The van der Waals surface area contributed by atoms with Crippen LogP contribution in [0.1, 0.15) is 24.2 Å². The van der Waals surface area contributed by atoms with Crippen molar-refractivity contribution in [2.75, 3.05) is 25.6 Å². The molecule has 1 amide bonds. The Labute approximate surface area is 242 Å². The highest BCUT2D eigenvalue weighted by Crippen LogP contribution is 2.40. The normalized spacial score (nSPS) is 11.0. The van der Waals surface area contributed by atoms with E-state index in [2.05, 4.69) is 5.32 Å². The van der Waals surface area contributed by atoms with Gasteiger partial charge in [0.25, 0.3) is 11.5 Å². The summed E-state index contributed by atoms with van der Waals surface area (Å²) in [6, 6.07) is 19.7. The number of ether oxygens (including phenoxy) is 3.